The monoisotopic (exact) mass is 500 g/mol. The molecule has 0 aliphatic heterocycles. The minimum atomic E-state index is -0.931. The zero-order valence-electron chi connectivity index (χ0n) is 18.9. The molecule has 0 unspecified atom stereocenters. The largest absolute Gasteiger partial charge is 0.494 e. The smallest absolute Gasteiger partial charge is 0.296 e. The Morgan fingerprint density at radius 1 is 1.09 bits per heavy atom. The number of fused-ring (bicyclic) bond motifs is 1. The summed E-state index contributed by atoms with van der Waals surface area (Å²) in [5.41, 5.74) is 0.923. The van der Waals surface area contributed by atoms with Gasteiger partial charge in [0.1, 0.15) is 5.82 Å². The van der Waals surface area contributed by atoms with Crippen LogP contribution in [0.4, 0.5) is 14.5 Å². The fraction of sp³-hybridized carbons (Fsp3) is 0.167. The maximum Gasteiger partial charge on any atom is 0.296 e. The first-order valence-electron chi connectivity index (χ1n) is 10.3. The van der Waals surface area contributed by atoms with Crippen molar-refractivity contribution >= 4 is 39.9 Å². The van der Waals surface area contributed by atoms with E-state index in [9.17, 15) is 18.4 Å². The van der Waals surface area contributed by atoms with Gasteiger partial charge in [0.2, 0.25) is 5.88 Å². The van der Waals surface area contributed by atoms with Crippen LogP contribution in [0.15, 0.2) is 42.7 Å². The van der Waals surface area contributed by atoms with Crippen LogP contribution in [-0.4, -0.2) is 40.4 Å². The van der Waals surface area contributed by atoms with Gasteiger partial charge in [-0.1, -0.05) is 11.6 Å². The summed E-state index contributed by atoms with van der Waals surface area (Å²) in [5.74, 6) is -3.01. The van der Waals surface area contributed by atoms with Gasteiger partial charge in [-0.2, -0.15) is 0 Å². The average Bonchev–Trinajstić information content (AvgIpc) is 3.09. The molecule has 4 aromatic rings. The van der Waals surface area contributed by atoms with Crippen molar-refractivity contribution in [3.8, 4) is 11.6 Å². The number of methoxy groups -OCH3 is 2. The first-order valence-corrected chi connectivity index (χ1v) is 10.6. The van der Waals surface area contributed by atoms with Gasteiger partial charge in [0.05, 0.1) is 42.6 Å². The molecule has 0 saturated heterocycles. The molecule has 1 N–H and O–H groups in total. The van der Waals surface area contributed by atoms with Crippen molar-refractivity contribution < 1.29 is 27.8 Å². The molecule has 0 aliphatic carbocycles. The van der Waals surface area contributed by atoms with Gasteiger partial charge >= 0.3 is 0 Å². The van der Waals surface area contributed by atoms with Crippen molar-refractivity contribution in [2.24, 2.45) is 0 Å². The second-order valence-corrected chi connectivity index (χ2v) is 7.94. The fourth-order valence-corrected chi connectivity index (χ4v) is 3.88. The van der Waals surface area contributed by atoms with E-state index in [1.807, 2.05) is 0 Å². The molecule has 0 fully saturated rings. The summed E-state index contributed by atoms with van der Waals surface area (Å²) in [6.07, 6.45) is 2.70. The van der Waals surface area contributed by atoms with Crippen molar-refractivity contribution in [3.05, 3.63) is 76.3 Å². The lowest BCUT2D eigenvalue weighted by Gasteiger charge is -2.10. The van der Waals surface area contributed by atoms with Gasteiger partial charge in [0.25, 0.3) is 11.7 Å². The van der Waals surface area contributed by atoms with Crippen LogP contribution in [0, 0.1) is 18.6 Å². The van der Waals surface area contributed by atoms with Crippen LogP contribution in [0.5, 0.6) is 11.6 Å². The number of ketones is 1. The first-order chi connectivity index (χ1) is 16.7. The van der Waals surface area contributed by atoms with E-state index in [2.05, 4.69) is 15.3 Å². The number of nitrogens with one attached hydrogen (secondary N) is 1. The molecule has 8 nitrogen and oxygen atoms in total. The normalized spacial score (nSPS) is 10.9. The highest BCUT2D eigenvalue weighted by atomic mass is 35.5. The van der Waals surface area contributed by atoms with Crippen LogP contribution in [0.1, 0.15) is 21.7 Å². The topological polar surface area (TPSA) is 95.3 Å². The van der Waals surface area contributed by atoms with Crippen LogP contribution in [-0.2, 0) is 11.3 Å². The molecule has 3 heterocycles. The number of anilines is 1. The zero-order valence-corrected chi connectivity index (χ0v) is 19.6. The van der Waals surface area contributed by atoms with Gasteiger partial charge in [-0.05, 0) is 25.1 Å². The molecular formula is C24H19ClF2N4O4. The number of amides is 1. The maximum atomic E-state index is 14.6. The molecule has 0 saturated carbocycles. The predicted molar refractivity (Wildman–Crippen MR) is 125 cm³/mol. The minimum absolute atomic E-state index is 0.0196. The first kappa shape index (κ1) is 24.1. The summed E-state index contributed by atoms with van der Waals surface area (Å²) < 4.78 is 40.7. The second kappa shape index (κ2) is 9.67. The molecule has 35 heavy (non-hydrogen) atoms. The van der Waals surface area contributed by atoms with E-state index >= 15 is 0 Å². The third-order valence-corrected chi connectivity index (χ3v) is 5.63. The Bertz CT molecular complexity index is 1470. The third kappa shape index (κ3) is 4.65. The Labute approximate surface area is 203 Å². The van der Waals surface area contributed by atoms with E-state index in [-0.39, 0.29) is 45.4 Å². The molecule has 0 spiro atoms. The molecule has 11 heteroatoms. The number of hydrogen-bond donors (Lipinski definition) is 1. The highest BCUT2D eigenvalue weighted by Crippen LogP contribution is 2.33. The van der Waals surface area contributed by atoms with Gasteiger partial charge in [-0.15, -0.1) is 0 Å². The second-order valence-electron chi connectivity index (χ2n) is 7.50. The number of benzene rings is 1. The average molecular weight is 501 g/mol. The van der Waals surface area contributed by atoms with E-state index in [1.165, 1.54) is 49.4 Å². The van der Waals surface area contributed by atoms with Crippen molar-refractivity contribution in [2.75, 3.05) is 19.5 Å². The van der Waals surface area contributed by atoms with Gasteiger partial charge in [-0.3, -0.25) is 14.6 Å². The van der Waals surface area contributed by atoms with Crippen LogP contribution >= 0.6 is 11.6 Å². The van der Waals surface area contributed by atoms with E-state index < -0.39 is 23.3 Å². The number of nitrogens with zero attached hydrogens (tertiary/aromatic N) is 3. The number of aromatic nitrogens is 3. The Balaban J connectivity index is 1.81. The van der Waals surface area contributed by atoms with Crippen molar-refractivity contribution in [1.29, 1.82) is 0 Å². The molecule has 1 amide bonds. The summed E-state index contributed by atoms with van der Waals surface area (Å²) >= 11 is 5.79. The van der Waals surface area contributed by atoms with E-state index in [1.54, 1.807) is 6.92 Å². The lowest BCUT2D eigenvalue weighted by molar-refractivity contribution is -0.112. The Morgan fingerprint density at radius 2 is 1.86 bits per heavy atom. The molecule has 0 aliphatic rings. The maximum absolute atomic E-state index is 14.6. The van der Waals surface area contributed by atoms with Gasteiger partial charge < -0.3 is 19.4 Å². The fourth-order valence-electron chi connectivity index (χ4n) is 3.73. The van der Waals surface area contributed by atoms with Crippen molar-refractivity contribution in [1.82, 2.24) is 14.5 Å². The van der Waals surface area contributed by atoms with E-state index in [0.717, 1.165) is 12.1 Å². The molecule has 3 aromatic heterocycles. The number of carbonyl (C=O) groups is 2. The molecule has 180 valence electrons. The number of halogens is 3. The highest BCUT2D eigenvalue weighted by Gasteiger charge is 2.27. The zero-order chi connectivity index (χ0) is 25.3. The number of hydrogen-bond acceptors (Lipinski definition) is 6. The highest BCUT2D eigenvalue weighted by molar-refractivity contribution is 6.48. The molecule has 0 bridgehead atoms. The Kier molecular flexibility index (Phi) is 6.65. The Hall–Kier alpha value is -4.05. The van der Waals surface area contributed by atoms with Crippen molar-refractivity contribution in [3.63, 3.8) is 0 Å². The molecule has 0 atom stereocenters. The van der Waals surface area contributed by atoms with E-state index in [0.29, 0.717) is 11.4 Å². The molecular weight excluding hydrogens is 482 g/mol. The van der Waals surface area contributed by atoms with Crippen LogP contribution in [0.25, 0.3) is 10.9 Å². The van der Waals surface area contributed by atoms with Gasteiger partial charge in [0.15, 0.2) is 11.6 Å². The number of pyridine rings is 2. The number of ether oxygens (including phenoxy) is 2. The molecule has 4 rings (SSSR count). The van der Waals surface area contributed by atoms with Gasteiger partial charge in [-0.25, -0.2) is 13.8 Å². The summed E-state index contributed by atoms with van der Waals surface area (Å²) in [5, 5.41) is 2.90. The summed E-state index contributed by atoms with van der Waals surface area (Å²) in [6.45, 7) is 1.45. The summed E-state index contributed by atoms with van der Waals surface area (Å²) in [7, 11) is 2.70. The number of Topliss-reactive ketones (excluding diaryl/α,β-unsaturated/α-hetero) is 1. The van der Waals surface area contributed by atoms with Crippen molar-refractivity contribution in [2.45, 2.75) is 13.5 Å². The lowest BCUT2D eigenvalue weighted by atomic mass is 10.1. The van der Waals surface area contributed by atoms with Crippen LogP contribution < -0.4 is 14.8 Å². The lowest BCUT2D eigenvalue weighted by Crippen LogP contribution is -2.23. The summed E-state index contributed by atoms with van der Waals surface area (Å²) in [4.78, 5) is 34.1. The summed E-state index contributed by atoms with van der Waals surface area (Å²) in [6, 6.07) is 6.55. The predicted octanol–water partition coefficient (Wildman–Crippen LogP) is 4.56. The number of carbonyl (C=O) groups excluding carboxylic acids is 2. The van der Waals surface area contributed by atoms with Gasteiger partial charge in [0, 0.05) is 41.3 Å². The SMILES string of the molecule is COc1cc(NC(=O)C(=O)c2c(C)n(Cc3ncc(Cl)cc3F)c3cc(F)c(OC)cc23)ccn1. The Morgan fingerprint density at radius 3 is 2.54 bits per heavy atom. The standard InChI is InChI=1S/C24H19ClF2N4O4/c1-12-22(23(32)24(33)30-14-4-5-28-21(7-14)35-3)15-8-20(34-2)17(27)9-19(15)31(12)11-18-16(26)6-13(25)10-29-18/h4-10H,11H2,1-3H3,(H,28,30,33). The van der Waals surface area contributed by atoms with E-state index in [4.69, 9.17) is 21.1 Å². The molecule has 1 aromatic carbocycles. The third-order valence-electron chi connectivity index (χ3n) is 5.42. The van der Waals surface area contributed by atoms with Crippen LogP contribution in [0.2, 0.25) is 5.02 Å². The number of rotatable bonds is 7. The van der Waals surface area contributed by atoms with Crippen LogP contribution in [0.3, 0.4) is 0 Å². The quantitative estimate of drug-likeness (QED) is 0.295. The molecule has 0 radical (unpaired) electrons. The minimum Gasteiger partial charge on any atom is -0.494 e.